The summed E-state index contributed by atoms with van der Waals surface area (Å²) >= 11 is 0. The summed E-state index contributed by atoms with van der Waals surface area (Å²) in [5, 5.41) is 13.9. The van der Waals surface area contributed by atoms with E-state index in [1.807, 2.05) is 79.1 Å². The lowest BCUT2D eigenvalue weighted by atomic mass is 9.86. The van der Waals surface area contributed by atoms with Crippen molar-refractivity contribution in [3.8, 4) is 33.4 Å². The van der Waals surface area contributed by atoms with Gasteiger partial charge in [-0.15, -0.1) is 0 Å². The largest absolute Gasteiger partial charge is 0.282 e. The number of aromatic nitrogens is 1. The van der Waals surface area contributed by atoms with Crippen LogP contribution in [0.15, 0.2) is 206 Å². The van der Waals surface area contributed by atoms with E-state index in [2.05, 4.69) is 115 Å². The normalized spacial score (nSPS) is 12.0. The van der Waals surface area contributed by atoms with E-state index in [0.29, 0.717) is 5.71 Å². The summed E-state index contributed by atoms with van der Waals surface area (Å²) in [4.78, 5) is 9.09. The maximum Gasteiger partial charge on any atom is 0.152 e. The van der Waals surface area contributed by atoms with Crippen LogP contribution in [-0.4, -0.2) is 16.5 Å². The van der Waals surface area contributed by atoms with Crippen molar-refractivity contribution in [3.63, 3.8) is 0 Å². The van der Waals surface area contributed by atoms with E-state index in [1.165, 1.54) is 38.2 Å². The number of amidine groups is 1. The maximum atomic E-state index is 9.05. The van der Waals surface area contributed by atoms with Gasteiger partial charge in [-0.05, 0) is 67.1 Å². The highest BCUT2D eigenvalue weighted by molar-refractivity contribution is 6.21. The first-order valence-corrected chi connectivity index (χ1v) is 16.6. The molecule has 238 valence electrons. The van der Waals surface area contributed by atoms with Crippen LogP contribution >= 0.6 is 0 Å². The number of nitrogens with one attached hydrogen (secondary N) is 1. The molecule has 1 aromatic heterocycles. The molecule has 3 heteroatoms. The Kier molecular flexibility index (Phi) is 9.57. The zero-order valence-electron chi connectivity index (χ0n) is 27.6. The zero-order valence-corrected chi connectivity index (χ0v) is 27.6. The molecule has 0 radical (unpaired) electrons. The summed E-state index contributed by atoms with van der Waals surface area (Å²) in [7, 11) is 0. The van der Waals surface area contributed by atoms with Crippen molar-refractivity contribution in [1.29, 1.82) is 5.41 Å². The highest BCUT2D eigenvalue weighted by atomic mass is 14.8. The molecule has 0 saturated heterocycles. The number of hydrogen-bond donors (Lipinski definition) is 1. The Balaban J connectivity index is 1.26. The second-order valence-corrected chi connectivity index (χ2v) is 11.8. The van der Waals surface area contributed by atoms with Gasteiger partial charge < -0.3 is 0 Å². The monoisotopic (exact) mass is 641 g/mol. The predicted octanol–water partition coefficient (Wildman–Crippen LogP) is 12.1. The van der Waals surface area contributed by atoms with Crippen LogP contribution in [0.2, 0.25) is 0 Å². The van der Waals surface area contributed by atoms with Gasteiger partial charge in [-0.25, -0.2) is 4.99 Å². The van der Waals surface area contributed by atoms with Gasteiger partial charge in [0.1, 0.15) is 0 Å². The highest BCUT2D eigenvalue weighted by Crippen LogP contribution is 2.43. The second-order valence-electron chi connectivity index (χ2n) is 11.8. The van der Waals surface area contributed by atoms with Crippen molar-refractivity contribution >= 4 is 33.1 Å². The molecule has 1 N–H and O–H groups in total. The van der Waals surface area contributed by atoms with Crippen LogP contribution in [-0.2, 0) is 0 Å². The molecule has 0 atom stereocenters. The number of pyridine rings is 1. The summed E-state index contributed by atoms with van der Waals surface area (Å²) < 4.78 is 0. The van der Waals surface area contributed by atoms with Crippen LogP contribution in [0.1, 0.15) is 11.1 Å². The summed E-state index contributed by atoms with van der Waals surface area (Å²) in [5.74, 6) is 0.192. The number of benzene rings is 6. The van der Waals surface area contributed by atoms with E-state index < -0.39 is 0 Å². The molecule has 0 bridgehead atoms. The zero-order chi connectivity index (χ0) is 34.1. The Labute approximate surface area is 293 Å². The van der Waals surface area contributed by atoms with E-state index in [1.54, 1.807) is 12.3 Å². The van der Waals surface area contributed by atoms with Crippen molar-refractivity contribution in [1.82, 2.24) is 4.98 Å². The van der Waals surface area contributed by atoms with Crippen LogP contribution < -0.4 is 0 Å². The molecule has 7 aromatic rings. The van der Waals surface area contributed by atoms with Gasteiger partial charge in [0.15, 0.2) is 5.84 Å². The summed E-state index contributed by atoms with van der Waals surface area (Å²) in [5.41, 5.74) is 9.21. The number of hydrogen-bond acceptors (Lipinski definition) is 2. The van der Waals surface area contributed by atoms with Gasteiger partial charge in [0.05, 0.1) is 5.71 Å². The molecule has 0 aliphatic rings. The Morgan fingerprint density at radius 1 is 0.500 bits per heavy atom. The minimum atomic E-state index is 0.192. The first-order chi connectivity index (χ1) is 24.7. The molecule has 0 fully saturated rings. The number of allylic oxidation sites excluding steroid dienone is 7. The highest BCUT2D eigenvalue weighted by Gasteiger charge is 2.16. The average molecular weight is 642 g/mol. The maximum absolute atomic E-state index is 9.05. The van der Waals surface area contributed by atoms with Gasteiger partial charge in [0.2, 0.25) is 0 Å². The first kappa shape index (κ1) is 31.9. The lowest BCUT2D eigenvalue weighted by Crippen LogP contribution is -2.04. The van der Waals surface area contributed by atoms with E-state index in [0.717, 1.165) is 27.8 Å². The number of fused-ring (bicyclic) bond motifs is 2. The van der Waals surface area contributed by atoms with E-state index in [4.69, 9.17) is 10.4 Å². The van der Waals surface area contributed by atoms with Gasteiger partial charge in [-0.1, -0.05) is 176 Å². The topological polar surface area (TPSA) is 49.1 Å². The molecule has 0 unspecified atom stereocenters. The Hall–Kier alpha value is -6.71. The summed E-state index contributed by atoms with van der Waals surface area (Å²) in [6.45, 7) is 3.72. The third-order valence-corrected chi connectivity index (χ3v) is 8.68. The van der Waals surface area contributed by atoms with Crippen LogP contribution in [0, 0.1) is 5.41 Å². The van der Waals surface area contributed by atoms with Crippen LogP contribution in [0.25, 0.3) is 54.9 Å². The fraction of sp³-hybridized carbons (Fsp3) is 0. The molecule has 6 aromatic carbocycles. The van der Waals surface area contributed by atoms with Gasteiger partial charge in [-0.2, -0.15) is 0 Å². The van der Waals surface area contributed by atoms with Gasteiger partial charge in [0.25, 0.3) is 0 Å². The molecule has 7 rings (SSSR count). The van der Waals surface area contributed by atoms with Crippen LogP contribution in [0.3, 0.4) is 0 Å². The van der Waals surface area contributed by atoms with E-state index in [-0.39, 0.29) is 5.84 Å². The quantitative estimate of drug-likeness (QED) is 0.0725. The first-order valence-electron chi connectivity index (χ1n) is 16.6. The summed E-state index contributed by atoms with van der Waals surface area (Å²) in [6, 6.07) is 48.3. The van der Waals surface area contributed by atoms with Gasteiger partial charge in [-0.3, -0.25) is 10.4 Å². The van der Waals surface area contributed by atoms with Crippen molar-refractivity contribution in [2.75, 3.05) is 0 Å². The van der Waals surface area contributed by atoms with Crippen LogP contribution in [0.4, 0.5) is 0 Å². The molecule has 0 saturated carbocycles. The molecule has 0 spiro atoms. The van der Waals surface area contributed by atoms with Gasteiger partial charge >= 0.3 is 0 Å². The Morgan fingerprint density at radius 2 is 1.00 bits per heavy atom. The molecule has 1 heterocycles. The van der Waals surface area contributed by atoms with Crippen molar-refractivity contribution in [2.24, 2.45) is 4.99 Å². The Bertz CT molecular complexity index is 2360. The molecule has 0 aliphatic heterocycles. The standard InChI is InChI=1S/C47H35N3/c1-2-3-4-5-6-10-23-44(35-26-24-34(25-27-35)39-18-15-32-49-33-39)50-47(48)38-30-28-37(29-31-38)46-42-21-13-11-19-40(42)45(36-16-8-7-9-17-36)41-20-12-14-22-43(41)46/h2-33,48H,1H2/b4-3-,6-5+,23-10+,48-47?,50-44?. The fourth-order valence-corrected chi connectivity index (χ4v) is 6.32. The minimum Gasteiger partial charge on any atom is -0.282 e. The summed E-state index contributed by atoms with van der Waals surface area (Å²) in [6.07, 6.45) is 16.9. The minimum absolute atomic E-state index is 0.192. The molecular formula is C47H35N3. The molecule has 50 heavy (non-hydrogen) atoms. The smallest absolute Gasteiger partial charge is 0.152 e. The lowest BCUT2D eigenvalue weighted by Gasteiger charge is -2.17. The van der Waals surface area contributed by atoms with E-state index in [9.17, 15) is 0 Å². The van der Waals surface area contributed by atoms with Gasteiger partial charge in [0, 0.05) is 23.5 Å². The third kappa shape index (κ3) is 6.80. The number of rotatable bonds is 9. The van der Waals surface area contributed by atoms with Crippen LogP contribution in [0.5, 0.6) is 0 Å². The predicted molar refractivity (Wildman–Crippen MR) is 213 cm³/mol. The number of aliphatic imine (C=N–C) groups is 1. The average Bonchev–Trinajstić information content (AvgIpc) is 3.18. The fourth-order valence-electron chi connectivity index (χ4n) is 6.32. The van der Waals surface area contributed by atoms with Crippen molar-refractivity contribution in [3.05, 3.63) is 212 Å². The van der Waals surface area contributed by atoms with E-state index >= 15 is 0 Å². The van der Waals surface area contributed by atoms with Crippen molar-refractivity contribution in [2.45, 2.75) is 0 Å². The number of nitrogens with zero attached hydrogens (tertiary/aromatic N) is 2. The molecule has 0 amide bonds. The third-order valence-electron chi connectivity index (χ3n) is 8.68. The molecular weight excluding hydrogens is 607 g/mol. The van der Waals surface area contributed by atoms with Crippen molar-refractivity contribution < 1.29 is 0 Å². The lowest BCUT2D eigenvalue weighted by molar-refractivity contribution is 1.33. The molecule has 0 aliphatic carbocycles. The SMILES string of the molecule is C=C\C=C/C=C/C=C/C(=NC(=N)c1ccc(-c2c3ccccc3c(-c3ccccc3)c3ccccc23)cc1)c1ccc(-c2cccnc2)cc1. The molecule has 3 nitrogen and oxygen atoms in total. The Morgan fingerprint density at radius 3 is 1.58 bits per heavy atom. The second kappa shape index (κ2) is 15.0.